The number of nitrogens with one attached hydrogen (secondary N) is 1. The van der Waals surface area contributed by atoms with E-state index in [0.717, 1.165) is 13.0 Å². The molecule has 0 amide bonds. The van der Waals surface area contributed by atoms with E-state index in [4.69, 9.17) is 4.74 Å². The molecule has 1 saturated heterocycles. The minimum absolute atomic E-state index is 0.191. The number of ether oxygens (including phenoxy) is 1. The van der Waals surface area contributed by atoms with E-state index in [0.29, 0.717) is 12.0 Å². The molecule has 19 heavy (non-hydrogen) atoms. The Morgan fingerprint density at radius 1 is 1.47 bits per heavy atom. The number of hydrogen-bond donors (Lipinski definition) is 1. The van der Waals surface area contributed by atoms with Crippen LogP contribution in [0, 0.1) is 5.92 Å². The maximum atomic E-state index is 6.15. The first kappa shape index (κ1) is 13.1. The van der Waals surface area contributed by atoms with Crippen LogP contribution < -0.4 is 5.32 Å². The van der Waals surface area contributed by atoms with Crippen molar-refractivity contribution in [2.45, 2.75) is 50.2 Å². The van der Waals surface area contributed by atoms with Gasteiger partial charge in [-0.25, -0.2) is 0 Å². The van der Waals surface area contributed by atoms with E-state index < -0.39 is 0 Å². The van der Waals surface area contributed by atoms with Crippen molar-refractivity contribution < 1.29 is 4.74 Å². The molecule has 0 radical (unpaired) electrons. The summed E-state index contributed by atoms with van der Waals surface area (Å²) in [6.45, 7) is 0.917. The summed E-state index contributed by atoms with van der Waals surface area (Å²) in [5, 5.41) is 7.82. The maximum absolute atomic E-state index is 6.15. The standard InChI is InChI=1S/C15H25N3O/c1-16-14(13-5-9-17-18(13)2)12-6-10-19-15(11-12)7-3-4-8-15/h5,9,12,14,16H,3-4,6-8,10-11H2,1-2H3. The lowest BCUT2D eigenvalue weighted by Crippen LogP contribution is -2.41. The molecule has 1 spiro atoms. The second-order valence-corrected chi connectivity index (χ2v) is 6.14. The van der Waals surface area contributed by atoms with Crippen LogP contribution in [0.25, 0.3) is 0 Å². The highest BCUT2D eigenvalue weighted by atomic mass is 16.5. The Labute approximate surface area is 115 Å². The lowest BCUT2D eigenvalue weighted by Gasteiger charge is -2.41. The second kappa shape index (κ2) is 5.25. The molecular weight excluding hydrogens is 238 g/mol. The van der Waals surface area contributed by atoms with Crippen molar-refractivity contribution in [1.82, 2.24) is 15.1 Å². The van der Waals surface area contributed by atoms with Crippen molar-refractivity contribution in [3.05, 3.63) is 18.0 Å². The van der Waals surface area contributed by atoms with Crippen molar-refractivity contribution in [3.8, 4) is 0 Å². The quantitative estimate of drug-likeness (QED) is 0.910. The molecule has 2 atom stereocenters. The first-order valence-corrected chi connectivity index (χ1v) is 7.53. The summed E-state index contributed by atoms with van der Waals surface area (Å²) < 4.78 is 8.15. The summed E-state index contributed by atoms with van der Waals surface area (Å²) in [5.41, 5.74) is 1.49. The molecule has 1 aliphatic heterocycles. The molecule has 2 aliphatic rings. The van der Waals surface area contributed by atoms with Crippen LogP contribution in [0.4, 0.5) is 0 Å². The third-order valence-electron chi connectivity index (χ3n) is 5.01. The fourth-order valence-electron chi connectivity index (χ4n) is 4.03. The molecule has 4 heteroatoms. The van der Waals surface area contributed by atoms with Gasteiger partial charge < -0.3 is 10.1 Å². The molecule has 3 rings (SSSR count). The van der Waals surface area contributed by atoms with Crippen molar-refractivity contribution >= 4 is 0 Å². The average molecular weight is 263 g/mol. The minimum atomic E-state index is 0.191. The monoisotopic (exact) mass is 263 g/mol. The van der Waals surface area contributed by atoms with Crippen LogP contribution >= 0.6 is 0 Å². The second-order valence-electron chi connectivity index (χ2n) is 6.14. The van der Waals surface area contributed by atoms with Gasteiger partial charge >= 0.3 is 0 Å². The molecule has 1 aromatic rings. The van der Waals surface area contributed by atoms with E-state index in [1.165, 1.54) is 37.8 Å². The Morgan fingerprint density at radius 2 is 2.26 bits per heavy atom. The lowest BCUT2D eigenvalue weighted by atomic mass is 9.79. The first-order chi connectivity index (χ1) is 9.24. The summed E-state index contributed by atoms with van der Waals surface area (Å²) in [6.07, 6.45) is 9.43. The normalized spacial score (nSPS) is 27.8. The van der Waals surface area contributed by atoms with Gasteiger partial charge in [-0.3, -0.25) is 4.68 Å². The molecular formula is C15H25N3O. The third-order valence-corrected chi connectivity index (χ3v) is 5.01. The van der Waals surface area contributed by atoms with Crippen LogP contribution in [0.5, 0.6) is 0 Å². The molecule has 0 bridgehead atoms. The van der Waals surface area contributed by atoms with Crippen molar-refractivity contribution in [2.75, 3.05) is 13.7 Å². The zero-order valence-electron chi connectivity index (χ0n) is 12.1. The van der Waals surface area contributed by atoms with Gasteiger partial charge in [0.2, 0.25) is 0 Å². The van der Waals surface area contributed by atoms with Gasteiger partial charge in [0.05, 0.1) is 17.3 Å². The Bertz CT molecular complexity index is 423. The summed E-state index contributed by atoms with van der Waals surface area (Å²) in [7, 11) is 4.10. The number of aromatic nitrogens is 2. The Hall–Kier alpha value is -0.870. The van der Waals surface area contributed by atoms with Crippen LogP contribution in [-0.2, 0) is 11.8 Å². The smallest absolute Gasteiger partial charge is 0.0686 e. The highest BCUT2D eigenvalue weighted by molar-refractivity contribution is 5.09. The fourth-order valence-corrected chi connectivity index (χ4v) is 4.03. The molecule has 2 heterocycles. The summed E-state index contributed by atoms with van der Waals surface area (Å²) in [6, 6.07) is 2.53. The molecule has 106 valence electrons. The van der Waals surface area contributed by atoms with Crippen LogP contribution in [-0.4, -0.2) is 29.0 Å². The van der Waals surface area contributed by atoms with Gasteiger partial charge in [0.1, 0.15) is 0 Å². The fraction of sp³-hybridized carbons (Fsp3) is 0.800. The number of aryl methyl sites for hydroxylation is 1. The van der Waals surface area contributed by atoms with Gasteiger partial charge in [-0.15, -0.1) is 0 Å². The SMILES string of the molecule is CNC(c1ccnn1C)C1CCOC2(CCCC2)C1. The largest absolute Gasteiger partial charge is 0.375 e. The Balaban J connectivity index is 1.78. The van der Waals surface area contributed by atoms with Gasteiger partial charge in [0.15, 0.2) is 0 Å². The van der Waals surface area contributed by atoms with E-state index in [2.05, 4.69) is 23.5 Å². The van der Waals surface area contributed by atoms with Crippen molar-refractivity contribution in [1.29, 1.82) is 0 Å². The Morgan fingerprint density at radius 3 is 2.89 bits per heavy atom. The third kappa shape index (κ3) is 2.43. The van der Waals surface area contributed by atoms with Crippen molar-refractivity contribution in [3.63, 3.8) is 0 Å². The molecule has 0 aromatic carbocycles. The van der Waals surface area contributed by atoms with E-state index in [9.17, 15) is 0 Å². The molecule has 2 unspecified atom stereocenters. The van der Waals surface area contributed by atoms with Gasteiger partial charge in [-0.2, -0.15) is 5.10 Å². The lowest BCUT2D eigenvalue weighted by molar-refractivity contribution is -0.0982. The van der Waals surface area contributed by atoms with E-state index in [1.807, 2.05) is 17.9 Å². The molecule has 4 nitrogen and oxygen atoms in total. The van der Waals surface area contributed by atoms with Gasteiger partial charge in [0.25, 0.3) is 0 Å². The summed E-state index contributed by atoms with van der Waals surface area (Å²) in [5.74, 6) is 0.659. The maximum Gasteiger partial charge on any atom is 0.0686 e. The molecule has 1 N–H and O–H groups in total. The molecule has 1 aromatic heterocycles. The zero-order chi connectivity index (χ0) is 13.3. The first-order valence-electron chi connectivity index (χ1n) is 7.53. The van der Waals surface area contributed by atoms with E-state index in [-0.39, 0.29) is 5.60 Å². The number of nitrogens with zero attached hydrogens (tertiary/aromatic N) is 2. The topological polar surface area (TPSA) is 39.1 Å². The predicted molar refractivity (Wildman–Crippen MR) is 74.9 cm³/mol. The highest BCUT2D eigenvalue weighted by Gasteiger charge is 2.42. The zero-order valence-corrected chi connectivity index (χ0v) is 12.1. The van der Waals surface area contributed by atoms with Gasteiger partial charge in [-0.1, -0.05) is 12.8 Å². The number of rotatable bonds is 3. The summed E-state index contributed by atoms with van der Waals surface area (Å²) >= 11 is 0. The van der Waals surface area contributed by atoms with E-state index in [1.54, 1.807) is 0 Å². The van der Waals surface area contributed by atoms with E-state index >= 15 is 0 Å². The van der Waals surface area contributed by atoms with Crippen LogP contribution in [0.15, 0.2) is 12.3 Å². The van der Waals surface area contributed by atoms with Crippen LogP contribution in [0.3, 0.4) is 0 Å². The van der Waals surface area contributed by atoms with Crippen LogP contribution in [0.1, 0.15) is 50.3 Å². The molecule has 1 saturated carbocycles. The molecule has 1 aliphatic carbocycles. The average Bonchev–Trinajstić information content (AvgIpc) is 3.02. The van der Waals surface area contributed by atoms with Gasteiger partial charge in [0, 0.05) is 19.9 Å². The highest BCUT2D eigenvalue weighted by Crippen LogP contribution is 2.45. The van der Waals surface area contributed by atoms with Crippen LogP contribution in [0.2, 0.25) is 0 Å². The van der Waals surface area contributed by atoms with Crippen molar-refractivity contribution in [2.24, 2.45) is 13.0 Å². The summed E-state index contributed by atoms with van der Waals surface area (Å²) in [4.78, 5) is 0. The minimum Gasteiger partial charge on any atom is -0.375 e. The predicted octanol–water partition coefficient (Wildman–Crippen LogP) is 2.42. The Kier molecular flexibility index (Phi) is 3.63. The van der Waals surface area contributed by atoms with Gasteiger partial charge in [-0.05, 0) is 44.7 Å². The number of hydrogen-bond acceptors (Lipinski definition) is 3. The molecule has 2 fully saturated rings.